The topological polar surface area (TPSA) is 33.5 Å². The average molecular weight is 209 g/mol. The van der Waals surface area contributed by atoms with Crippen LogP contribution >= 0.6 is 0 Å². The number of hydrogen-bond acceptors (Lipinski definition) is 2. The second-order valence-electron chi connectivity index (χ2n) is 4.24. The van der Waals surface area contributed by atoms with Gasteiger partial charge in [-0.15, -0.1) is 0 Å². The quantitative estimate of drug-likeness (QED) is 0.745. The van der Waals surface area contributed by atoms with Gasteiger partial charge in [-0.3, -0.25) is 4.79 Å². The molecule has 0 bridgehead atoms. The highest BCUT2D eigenvalue weighted by molar-refractivity contribution is 5.76. The van der Waals surface area contributed by atoms with Crippen LogP contribution in [0.1, 0.15) is 26.0 Å². The van der Waals surface area contributed by atoms with Gasteiger partial charge in [0.15, 0.2) is 0 Å². The molecule has 0 aliphatic carbocycles. The van der Waals surface area contributed by atoms with Crippen molar-refractivity contribution in [2.45, 2.75) is 26.7 Å². The number of carbonyl (C=O) groups is 1. The lowest BCUT2D eigenvalue weighted by molar-refractivity contribution is -0.130. The molecule has 0 N–H and O–H groups in total. The summed E-state index contributed by atoms with van der Waals surface area (Å²) in [5.74, 6) is 1.55. The highest BCUT2D eigenvalue weighted by atomic mass is 16.3. The smallest absolute Gasteiger partial charge is 0.222 e. The van der Waals surface area contributed by atoms with Gasteiger partial charge in [0, 0.05) is 26.4 Å². The fraction of sp³-hybridized carbons (Fsp3) is 0.583. The van der Waals surface area contributed by atoms with Crippen LogP contribution in [0.25, 0.3) is 0 Å². The van der Waals surface area contributed by atoms with Crippen molar-refractivity contribution < 1.29 is 9.21 Å². The Morgan fingerprint density at radius 1 is 1.53 bits per heavy atom. The molecule has 0 aliphatic rings. The summed E-state index contributed by atoms with van der Waals surface area (Å²) in [6, 6.07) is 3.80. The average Bonchev–Trinajstić information content (AvgIpc) is 2.65. The van der Waals surface area contributed by atoms with E-state index in [1.54, 1.807) is 11.2 Å². The van der Waals surface area contributed by atoms with E-state index in [-0.39, 0.29) is 5.91 Å². The summed E-state index contributed by atoms with van der Waals surface area (Å²) < 4.78 is 5.21. The molecule has 0 atom stereocenters. The van der Waals surface area contributed by atoms with Crippen molar-refractivity contribution in [2.24, 2.45) is 5.92 Å². The van der Waals surface area contributed by atoms with E-state index in [9.17, 15) is 4.79 Å². The highest BCUT2D eigenvalue weighted by Crippen LogP contribution is 2.05. The minimum atomic E-state index is 0.205. The maximum absolute atomic E-state index is 11.6. The van der Waals surface area contributed by atoms with Crippen LogP contribution in [0.15, 0.2) is 22.8 Å². The summed E-state index contributed by atoms with van der Waals surface area (Å²) in [4.78, 5) is 13.4. The van der Waals surface area contributed by atoms with E-state index in [4.69, 9.17) is 4.42 Å². The SMILES string of the molecule is CC(C)CC(=O)N(C)CCc1ccco1. The molecule has 1 heterocycles. The Balaban J connectivity index is 2.29. The predicted octanol–water partition coefficient (Wildman–Crippen LogP) is 2.33. The number of furan rings is 1. The standard InChI is InChI=1S/C12H19NO2/c1-10(2)9-12(14)13(3)7-6-11-5-4-8-15-11/h4-5,8,10H,6-7,9H2,1-3H3. The largest absolute Gasteiger partial charge is 0.469 e. The molecule has 0 saturated heterocycles. The zero-order chi connectivity index (χ0) is 11.3. The Morgan fingerprint density at radius 2 is 2.27 bits per heavy atom. The molecule has 0 unspecified atom stereocenters. The molecule has 0 radical (unpaired) electrons. The molecule has 0 aromatic carbocycles. The molecule has 1 amide bonds. The van der Waals surface area contributed by atoms with Crippen molar-refractivity contribution in [1.82, 2.24) is 4.90 Å². The fourth-order valence-corrected chi connectivity index (χ4v) is 1.36. The van der Waals surface area contributed by atoms with E-state index >= 15 is 0 Å². The van der Waals surface area contributed by atoms with Gasteiger partial charge in [0.25, 0.3) is 0 Å². The summed E-state index contributed by atoms with van der Waals surface area (Å²) in [6.07, 6.45) is 3.06. The first-order valence-corrected chi connectivity index (χ1v) is 5.36. The zero-order valence-corrected chi connectivity index (χ0v) is 9.69. The summed E-state index contributed by atoms with van der Waals surface area (Å²) in [7, 11) is 1.84. The molecule has 0 spiro atoms. The van der Waals surface area contributed by atoms with Crippen molar-refractivity contribution in [2.75, 3.05) is 13.6 Å². The molecule has 0 saturated carbocycles. The number of nitrogens with zero attached hydrogens (tertiary/aromatic N) is 1. The summed E-state index contributed by atoms with van der Waals surface area (Å²) in [5, 5.41) is 0. The van der Waals surface area contributed by atoms with Gasteiger partial charge in [0.05, 0.1) is 6.26 Å². The third kappa shape index (κ3) is 4.19. The number of hydrogen-bond donors (Lipinski definition) is 0. The molecule has 0 fully saturated rings. The normalized spacial score (nSPS) is 10.7. The molecule has 1 aromatic rings. The Hall–Kier alpha value is -1.25. The van der Waals surface area contributed by atoms with Gasteiger partial charge in [-0.1, -0.05) is 13.8 Å². The van der Waals surface area contributed by atoms with Crippen molar-refractivity contribution in [3.05, 3.63) is 24.2 Å². The van der Waals surface area contributed by atoms with Crippen molar-refractivity contribution in [1.29, 1.82) is 0 Å². The summed E-state index contributed by atoms with van der Waals surface area (Å²) >= 11 is 0. The predicted molar refractivity (Wildman–Crippen MR) is 59.5 cm³/mol. The van der Waals surface area contributed by atoms with Crippen LogP contribution in [0, 0.1) is 5.92 Å². The molecule has 1 rings (SSSR count). The van der Waals surface area contributed by atoms with E-state index in [2.05, 4.69) is 13.8 Å². The summed E-state index contributed by atoms with van der Waals surface area (Å²) in [5.41, 5.74) is 0. The number of carbonyl (C=O) groups excluding carboxylic acids is 1. The lowest BCUT2D eigenvalue weighted by Crippen LogP contribution is -2.29. The second-order valence-corrected chi connectivity index (χ2v) is 4.24. The first-order chi connectivity index (χ1) is 7.09. The Kier molecular flexibility index (Phi) is 4.40. The van der Waals surface area contributed by atoms with Crippen molar-refractivity contribution >= 4 is 5.91 Å². The van der Waals surface area contributed by atoms with E-state index in [1.807, 2.05) is 19.2 Å². The van der Waals surface area contributed by atoms with E-state index in [1.165, 1.54) is 0 Å². The maximum atomic E-state index is 11.6. The molecule has 1 aromatic heterocycles. The fourth-order valence-electron chi connectivity index (χ4n) is 1.36. The summed E-state index contributed by atoms with van der Waals surface area (Å²) in [6.45, 7) is 4.83. The monoisotopic (exact) mass is 209 g/mol. The third-order valence-corrected chi connectivity index (χ3v) is 2.28. The minimum Gasteiger partial charge on any atom is -0.469 e. The number of amides is 1. The van der Waals surface area contributed by atoms with Gasteiger partial charge in [0.2, 0.25) is 5.91 Å². The van der Waals surface area contributed by atoms with Crippen LogP contribution in [-0.4, -0.2) is 24.4 Å². The Labute approximate surface area is 91.1 Å². The first kappa shape index (κ1) is 11.8. The molecule has 84 valence electrons. The van der Waals surface area contributed by atoms with Crippen LogP contribution in [0.4, 0.5) is 0 Å². The molecular formula is C12H19NO2. The number of rotatable bonds is 5. The van der Waals surface area contributed by atoms with Gasteiger partial charge in [-0.25, -0.2) is 0 Å². The molecular weight excluding hydrogens is 190 g/mol. The van der Waals surface area contributed by atoms with Gasteiger partial charge < -0.3 is 9.32 Å². The number of likely N-dealkylation sites (N-methyl/N-ethyl adjacent to an activating group) is 1. The third-order valence-electron chi connectivity index (χ3n) is 2.28. The van der Waals surface area contributed by atoms with E-state index < -0.39 is 0 Å². The Morgan fingerprint density at radius 3 is 2.80 bits per heavy atom. The van der Waals surface area contributed by atoms with Gasteiger partial charge in [-0.2, -0.15) is 0 Å². The van der Waals surface area contributed by atoms with Gasteiger partial charge in [0.1, 0.15) is 5.76 Å². The molecule has 3 nitrogen and oxygen atoms in total. The van der Waals surface area contributed by atoms with Crippen LogP contribution in [0.2, 0.25) is 0 Å². The zero-order valence-electron chi connectivity index (χ0n) is 9.69. The van der Waals surface area contributed by atoms with Gasteiger partial charge >= 0.3 is 0 Å². The van der Waals surface area contributed by atoms with Crippen LogP contribution < -0.4 is 0 Å². The van der Waals surface area contributed by atoms with Crippen LogP contribution in [0.5, 0.6) is 0 Å². The maximum Gasteiger partial charge on any atom is 0.222 e. The van der Waals surface area contributed by atoms with Crippen LogP contribution in [0.3, 0.4) is 0 Å². The molecule has 0 aliphatic heterocycles. The van der Waals surface area contributed by atoms with Crippen molar-refractivity contribution in [3.63, 3.8) is 0 Å². The van der Waals surface area contributed by atoms with E-state index in [0.29, 0.717) is 12.3 Å². The van der Waals surface area contributed by atoms with Crippen molar-refractivity contribution in [3.8, 4) is 0 Å². The molecule has 15 heavy (non-hydrogen) atoms. The first-order valence-electron chi connectivity index (χ1n) is 5.36. The lowest BCUT2D eigenvalue weighted by Gasteiger charge is -2.17. The minimum absolute atomic E-state index is 0.205. The van der Waals surface area contributed by atoms with Crippen LogP contribution in [-0.2, 0) is 11.2 Å². The highest BCUT2D eigenvalue weighted by Gasteiger charge is 2.10. The van der Waals surface area contributed by atoms with Gasteiger partial charge in [-0.05, 0) is 18.1 Å². The Bertz CT molecular complexity index is 291. The second kappa shape index (κ2) is 5.59. The molecule has 3 heteroatoms. The lowest BCUT2D eigenvalue weighted by atomic mass is 10.1. The van der Waals surface area contributed by atoms with E-state index in [0.717, 1.165) is 18.7 Å².